The summed E-state index contributed by atoms with van der Waals surface area (Å²) in [5.41, 5.74) is 1.29. The molecule has 148 valence electrons. The van der Waals surface area contributed by atoms with Crippen LogP contribution >= 0.6 is 0 Å². The van der Waals surface area contributed by atoms with Crippen LogP contribution in [0.25, 0.3) is 0 Å². The van der Waals surface area contributed by atoms with Crippen molar-refractivity contribution in [3.05, 3.63) is 11.6 Å². The van der Waals surface area contributed by atoms with Gasteiger partial charge in [-0.1, -0.05) is 38.3 Å². The number of hydrogen-bond acceptors (Lipinski definition) is 3. The summed E-state index contributed by atoms with van der Waals surface area (Å²) in [5, 5.41) is 6.19. The van der Waals surface area contributed by atoms with E-state index in [1.54, 1.807) is 0 Å². The minimum atomic E-state index is -0.0703. The molecule has 0 radical (unpaired) electrons. The highest BCUT2D eigenvalue weighted by atomic mass is 16.5. The molecule has 0 spiro atoms. The summed E-state index contributed by atoms with van der Waals surface area (Å²) in [5.74, 6) is 1.76. The third-order valence-corrected chi connectivity index (χ3v) is 6.05. The van der Waals surface area contributed by atoms with Gasteiger partial charge in [0, 0.05) is 26.1 Å². The number of nitrogens with one attached hydrogen (secondary N) is 2. The molecular weight excluding hydrogens is 328 g/mol. The number of allylic oxidation sites excluding steroid dienone is 1. The molecule has 0 aromatic rings. The second-order valence-corrected chi connectivity index (χ2v) is 8.41. The zero-order valence-electron chi connectivity index (χ0n) is 16.8. The molecule has 3 unspecified atom stereocenters. The Morgan fingerprint density at radius 2 is 1.92 bits per heavy atom. The highest BCUT2D eigenvalue weighted by Crippen LogP contribution is 2.38. The fraction of sp³-hybridized carbons (Fsp3) is 0.810. The molecule has 1 fully saturated rings. The van der Waals surface area contributed by atoms with Gasteiger partial charge in [-0.05, 0) is 49.9 Å². The molecule has 3 atom stereocenters. The minimum absolute atomic E-state index is 0.0703. The molecule has 1 saturated carbocycles. The van der Waals surface area contributed by atoms with Crippen molar-refractivity contribution in [3.63, 3.8) is 0 Å². The Labute approximate surface area is 158 Å². The van der Waals surface area contributed by atoms with Gasteiger partial charge in [-0.3, -0.25) is 9.59 Å². The molecule has 5 heteroatoms. The van der Waals surface area contributed by atoms with E-state index in [2.05, 4.69) is 37.5 Å². The average molecular weight is 365 g/mol. The number of ether oxygens (including phenoxy) is 1. The lowest BCUT2D eigenvalue weighted by Crippen LogP contribution is -2.39. The lowest BCUT2D eigenvalue weighted by Gasteiger charge is -2.37. The van der Waals surface area contributed by atoms with Gasteiger partial charge in [-0.2, -0.15) is 0 Å². The van der Waals surface area contributed by atoms with E-state index in [1.165, 1.54) is 25.5 Å². The topological polar surface area (TPSA) is 67.4 Å². The third-order valence-electron chi connectivity index (χ3n) is 6.05. The summed E-state index contributed by atoms with van der Waals surface area (Å²) in [7, 11) is 1.53. The average Bonchev–Trinajstić information content (AvgIpc) is 3.07. The first kappa shape index (κ1) is 20.9. The van der Waals surface area contributed by atoms with E-state index in [0.29, 0.717) is 42.7 Å². The largest absolute Gasteiger partial charge is 0.375 e. The van der Waals surface area contributed by atoms with Crippen LogP contribution in [0.15, 0.2) is 11.6 Å². The molecule has 2 N–H and O–H groups in total. The first-order chi connectivity index (χ1) is 12.4. The molecule has 0 heterocycles. The van der Waals surface area contributed by atoms with Crippen molar-refractivity contribution >= 4 is 11.8 Å². The summed E-state index contributed by atoms with van der Waals surface area (Å²) in [4.78, 5) is 24.2. The van der Waals surface area contributed by atoms with Gasteiger partial charge in [0.25, 0.3) is 0 Å². The lowest BCUT2D eigenvalue weighted by atomic mass is 9.69. The van der Waals surface area contributed by atoms with Crippen molar-refractivity contribution < 1.29 is 14.3 Å². The van der Waals surface area contributed by atoms with Gasteiger partial charge in [-0.25, -0.2) is 0 Å². The van der Waals surface area contributed by atoms with Crippen LogP contribution in [0.4, 0.5) is 0 Å². The smallest absolute Gasteiger partial charge is 0.246 e. The molecule has 26 heavy (non-hydrogen) atoms. The van der Waals surface area contributed by atoms with Crippen molar-refractivity contribution in [2.45, 2.75) is 65.3 Å². The van der Waals surface area contributed by atoms with Gasteiger partial charge in [-0.15, -0.1) is 0 Å². The minimum Gasteiger partial charge on any atom is -0.375 e. The van der Waals surface area contributed by atoms with Gasteiger partial charge in [0.05, 0.1) is 0 Å². The fourth-order valence-corrected chi connectivity index (χ4v) is 4.50. The van der Waals surface area contributed by atoms with Crippen LogP contribution in [-0.2, 0) is 14.3 Å². The van der Waals surface area contributed by atoms with Crippen LogP contribution in [0, 0.1) is 23.7 Å². The van der Waals surface area contributed by atoms with Crippen LogP contribution in [0.1, 0.15) is 59.3 Å². The maximum absolute atomic E-state index is 12.4. The Hall–Kier alpha value is -1.36. The summed E-state index contributed by atoms with van der Waals surface area (Å²) in [6.07, 6.45) is 8.62. The van der Waals surface area contributed by atoms with Crippen molar-refractivity contribution in [1.82, 2.24) is 10.6 Å². The Balaban J connectivity index is 1.93. The van der Waals surface area contributed by atoms with Crippen LogP contribution in [0.3, 0.4) is 0 Å². The Morgan fingerprint density at radius 3 is 2.54 bits per heavy atom. The number of methoxy groups -OCH3 is 1. The zero-order valence-corrected chi connectivity index (χ0v) is 16.8. The molecule has 2 amide bonds. The van der Waals surface area contributed by atoms with E-state index in [0.717, 1.165) is 19.3 Å². The standard InChI is InChI=1S/C21H36N2O3/c1-14(2)19-10-16(11-20(24)23-18-7-5-6-8-18)15(3)9-17(19)12-22-21(25)13-26-4/h9,14,16-19H,5-8,10-13H2,1-4H3,(H,22,25)(H,23,24). The first-order valence-electron chi connectivity index (χ1n) is 10.1. The molecule has 2 rings (SSSR count). The van der Waals surface area contributed by atoms with Crippen molar-refractivity contribution in [1.29, 1.82) is 0 Å². The number of rotatable bonds is 8. The van der Waals surface area contributed by atoms with E-state index in [1.807, 2.05) is 0 Å². The Kier molecular flexibility index (Phi) is 8.14. The van der Waals surface area contributed by atoms with Crippen LogP contribution in [-0.4, -0.2) is 38.1 Å². The predicted octanol–water partition coefficient (Wildman–Crippen LogP) is 3.05. The Bertz CT molecular complexity index is 509. The summed E-state index contributed by atoms with van der Waals surface area (Å²) in [6.45, 7) is 7.35. The van der Waals surface area contributed by atoms with Crippen molar-refractivity contribution in [2.24, 2.45) is 23.7 Å². The summed E-state index contributed by atoms with van der Waals surface area (Å²) >= 11 is 0. The molecule has 0 aliphatic heterocycles. The molecule has 2 aliphatic carbocycles. The van der Waals surface area contributed by atoms with Crippen molar-refractivity contribution in [3.8, 4) is 0 Å². The number of carbonyl (C=O) groups is 2. The number of amides is 2. The highest BCUT2D eigenvalue weighted by molar-refractivity contribution is 5.77. The number of carbonyl (C=O) groups excluding carboxylic acids is 2. The van der Waals surface area contributed by atoms with E-state index in [9.17, 15) is 9.59 Å². The highest BCUT2D eigenvalue weighted by Gasteiger charge is 2.33. The van der Waals surface area contributed by atoms with Gasteiger partial charge >= 0.3 is 0 Å². The van der Waals surface area contributed by atoms with Gasteiger partial charge in [0.2, 0.25) is 11.8 Å². The van der Waals surface area contributed by atoms with Crippen LogP contribution in [0.2, 0.25) is 0 Å². The molecule has 5 nitrogen and oxygen atoms in total. The van der Waals surface area contributed by atoms with Gasteiger partial charge in [0.15, 0.2) is 0 Å². The first-order valence-corrected chi connectivity index (χ1v) is 10.1. The van der Waals surface area contributed by atoms with Crippen LogP contribution < -0.4 is 10.6 Å². The fourth-order valence-electron chi connectivity index (χ4n) is 4.50. The van der Waals surface area contributed by atoms with Crippen LogP contribution in [0.5, 0.6) is 0 Å². The van der Waals surface area contributed by atoms with E-state index >= 15 is 0 Å². The summed E-state index contributed by atoms with van der Waals surface area (Å²) in [6, 6.07) is 0.389. The third kappa shape index (κ3) is 6.11. The number of hydrogen-bond donors (Lipinski definition) is 2. The van der Waals surface area contributed by atoms with Crippen molar-refractivity contribution in [2.75, 3.05) is 20.3 Å². The quantitative estimate of drug-likeness (QED) is 0.651. The predicted molar refractivity (Wildman–Crippen MR) is 104 cm³/mol. The molecule has 0 aromatic heterocycles. The maximum Gasteiger partial charge on any atom is 0.246 e. The normalized spacial score (nSPS) is 26.7. The molecule has 2 aliphatic rings. The monoisotopic (exact) mass is 364 g/mol. The Morgan fingerprint density at radius 1 is 1.23 bits per heavy atom. The SMILES string of the molecule is COCC(=O)NCC1C=C(C)C(CC(=O)NC2CCCC2)CC1C(C)C. The summed E-state index contributed by atoms with van der Waals surface area (Å²) < 4.78 is 4.88. The van der Waals surface area contributed by atoms with E-state index in [-0.39, 0.29) is 18.4 Å². The van der Waals surface area contributed by atoms with Gasteiger partial charge in [0.1, 0.15) is 6.61 Å². The molecule has 0 saturated heterocycles. The second-order valence-electron chi connectivity index (χ2n) is 8.41. The molecular formula is C21H36N2O3. The van der Waals surface area contributed by atoms with E-state index < -0.39 is 0 Å². The van der Waals surface area contributed by atoms with E-state index in [4.69, 9.17) is 4.74 Å². The molecule has 0 aromatic carbocycles. The lowest BCUT2D eigenvalue weighted by molar-refractivity contribution is -0.125. The second kappa shape index (κ2) is 10.1. The maximum atomic E-state index is 12.4. The molecule has 0 bridgehead atoms. The zero-order chi connectivity index (χ0) is 19.1. The van der Waals surface area contributed by atoms with Gasteiger partial charge < -0.3 is 15.4 Å².